The number of urea groups is 1. The van der Waals surface area contributed by atoms with Gasteiger partial charge in [-0.1, -0.05) is 29.3 Å². The number of ether oxygens (including phenoxy) is 2. The average Bonchev–Trinajstić information content (AvgIpc) is 2.56. The van der Waals surface area contributed by atoms with Crippen molar-refractivity contribution in [3.05, 3.63) is 52.5 Å². The summed E-state index contributed by atoms with van der Waals surface area (Å²) in [7, 11) is 1.53. The zero-order chi connectivity index (χ0) is 17.5. The number of methoxy groups -OCH3 is 1. The van der Waals surface area contributed by atoms with Crippen molar-refractivity contribution in [1.82, 2.24) is 5.32 Å². The topological polar surface area (TPSA) is 59.6 Å². The lowest BCUT2D eigenvalue weighted by atomic mass is 10.2. The maximum atomic E-state index is 12.0. The predicted octanol–water partition coefficient (Wildman–Crippen LogP) is 4.17. The maximum absolute atomic E-state index is 12.0. The molecule has 2 amide bonds. The number of benzene rings is 2. The normalized spacial score (nSPS) is 10.2. The standard InChI is InChI=1S/C18H21ClN2O3/c1-12-4-6-14(7-5-12)24-9-8-20-18(22)21-16-10-13(2)15(19)11-17(16)23-3/h4-7,10-11H,8-9H2,1-3H3,(H2,20,21,22). The molecule has 128 valence electrons. The number of nitrogens with one attached hydrogen (secondary N) is 2. The van der Waals surface area contributed by atoms with Crippen molar-refractivity contribution in [2.24, 2.45) is 0 Å². The first-order valence-corrected chi connectivity index (χ1v) is 7.96. The lowest BCUT2D eigenvalue weighted by Crippen LogP contribution is -2.32. The number of halogens is 1. The van der Waals surface area contributed by atoms with Crippen LogP contribution in [0.4, 0.5) is 10.5 Å². The first kappa shape index (κ1) is 17.9. The summed E-state index contributed by atoms with van der Waals surface area (Å²) in [5.41, 5.74) is 2.60. The SMILES string of the molecule is COc1cc(Cl)c(C)cc1NC(=O)NCCOc1ccc(C)cc1. The molecular formula is C18H21ClN2O3. The van der Waals surface area contributed by atoms with Gasteiger partial charge < -0.3 is 20.1 Å². The molecule has 0 saturated carbocycles. The highest BCUT2D eigenvalue weighted by atomic mass is 35.5. The molecule has 0 radical (unpaired) electrons. The third-order valence-electron chi connectivity index (χ3n) is 3.41. The quantitative estimate of drug-likeness (QED) is 0.770. The molecule has 0 fully saturated rings. The molecule has 0 aliphatic heterocycles. The van der Waals surface area contributed by atoms with Gasteiger partial charge in [0.15, 0.2) is 0 Å². The lowest BCUT2D eigenvalue weighted by Gasteiger charge is -2.13. The van der Waals surface area contributed by atoms with Gasteiger partial charge in [0.25, 0.3) is 0 Å². The van der Waals surface area contributed by atoms with Crippen LogP contribution in [-0.2, 0) is 0 Å². The van der Waals surface area contributed by atoms with Gasteiger partial charge in [-0.25, -0.2) is 4.79 Å². The van der Waals surface area contributed by atoms with Crippen molar-refractivity contribution in [1.29, 1.82) is 0 Å². The summed E-state index contributed by atoms with van der Waals surface area (Å²) in [5, 5.41) is 6.07. The van der Waals surface area contributed by atoms with E-state index in [1.807, 2.05) is 38.1 Å². The van der Waals surface area contributed by atoms with Crippen molar-refractivity contribution >= 4 is 23.3 Å². The van der Waals surface area contributed by atoms with Crippen molar-refractivity contribution in [2.75, 3.05) is 25.6 Å². The zero-order valence-electron chi connectivity index (χ0n) is 14.0. The van der Waals surface area contributed by atoms with Crippen LogP contribution in [0.15, 0.2) is 36.4 Å². The molecule has 0 spiro atoms. The highest BCUT2D eigenvalue weighted by molar-refractivity contribution is 6.31. The van der Waals surface area contributed by atoms with Gasteiger partial charge in [-0.15, -0.1) is 0 Å². The molecule has 0 heterocycles. The van der Waals surface area contributed by atoms with E-state index in [0.717, 1.165) is 11.3 Å². The van der Waals surface area contributed by atoms with Gasteiger partial charge in [0.1, 0.15) is 18.1 Å². The fourth-order valence-corrected chi connectivity index (χ4v) is 2.22. The Labute approximate surface area is 146 Å². The average molecular weight is 349 g/mol. The molecule has 2 N–H and O–H groups in total. The highest BCUT2D eigenvalue weighted by Gasteiger charge is 2.10. The molecule has 2 rings (SSSR count). The van der Waals surface area contributed by atoms with Crippen molar-refractivity contribution < 1.29 is 14.3 Å². The summed E-state index contributed by atoms with van der Waals surface area (Å²) < 4.78 is 10.8. The van der Waals surface area contributed by atoms with E-state index in [4.69, 9.17) is 21.1 Å². The maximum Gasteiger partial charge on any atom is 0.319 e. The Morgan fingerprint density at radius 2 is 1.88 bits per heavy atom. The minimum absolute atomic E-state index is 0.331. The second kappa shape index (κ2) is 8.45. The monoisotopic (exact) mass is 348 g/mol. The van der Waals surface area contributed by atoms with Crippen LogP contribution in [0.3, 0.4) is 0 Å². The summed E-state index contributed by atoms with van der Waals surface area (Å²) >= 11 is 6.05. The third-order valence-corrected chi connectivity index (χ3v) is 3.81. The van der Waals surface area contributed by atoms with Crippen molar-refractivity contribution in [3.8, 4) is 11.5 Å². The molecule has 2 aromatic rings. The Kier molecular flexibility index (Phi) is 6.32. The van der Waals surface area contributed by atoms with Gasteiger partial charge in [0.2, 0.25) is 0 Å². The second-order valence-corrected chi connectivity index (χ2v) is 5.75. The molecule has 0 aliphatic carbocycles. The molecule has 0 aliphatic rings. The summed E-state index contributed by atoms with van der Waals surface area (Å²) in [6, 6.07) is 10.9. The molecule has 24 heavy (non-hydrogen) atoms. The Bertz CT molecular complexity index is 702. The molecule has 0 unspecified atom stereocenters. The van der Waals surface area contributed by atoms with E-state index in [9.17, 15) is 4.79 Å². The van der Waals surface area contributed by atoms with E-state index in [1.54, 1.807) is 12.1 Å². The number of aryl methyl sites for hydroxylation is 2. The molecule has 0 aromatic heterocycles. The Hall–Kier alpha value is -2.40. The highest BCUT2D eigenvalue weighted by Crippen LogP contribution is 2.30. The van der Waals surface area contributed by atoms with Crippen molar-refractivity contribution in [3.63, 3.8) is 0 Å². The number of carbonyl (C=O) groups is 1. The van der Waals surface area contributed by atoms with Gasteiger partial charge in [-0.05, 0) is 37.6 Å². The molecule has 5 nitrogen and oxygen atoms in total. The van der Waals surface area contributed by atoms with Crippen LogP contribution in [0.1, 0.15) is 11.1 Å². The fraction of sp³-hybridized carbons (Fsp3) is 0.278. The van der Waals surface area contributed by atoms with Crippen LogP contribution >= 0.6 is 11.6 Å². The van der Waals surface area contributed by atoms with Crippen LogP contribution < -0.4 is 20.1 Å². The number of hydrogen-bond donors (Lipinski definition) is 2. The molecular weight excluding hydrogens is 328 g/mol. The van der Waals surface area contributed by atoms with E-state index >= 15 is 0 Å². The number of carbonyl (C=O) groups excluding carboxylic acids is 1. The smallest absolute Gasteiger partial charge is 0.319 e. The van der Waals surface area contributed by atoms with Gasteiger partial charge in [0, 0.05) is 11.1 Å². The zero-order valence-corrected chi connectivity index (χ0v) is 14.7. The van der Waals surface area contributed by atoms with E-state index in [-0.39, 0.29) is 6.03 Å². The Morgan fingerprint density at radius 3 is 2.54 bits per heavy atom. The Balaban J connectivity index is 1.81. The van der Waals surface area contributed by atoms with Gasteiger partial charge >= 0.3 is 6.03 Å². The van der Waals surface area contributed by atoms with Gasteiger partial charge in [-0.3, -0.25) is 0 Å². The third kappa shape index (κ3) is 5.06. The summed E-state index contributed by atoms with van der Waals surface area (Å²) in [4.78, 5) is 12.0. The van der Waals surface area contributed by atoms with Crippen LogP contribution in [0, 0.1) is 13.8 Å². The van der Waals surface area contributed by atoms with Crippen LogP contribution in [0.2, 0.25) is 5.02 Å². The first-order chi connectivity index (χ1) is 11.5. The van der Waals surface area contributed by atoms with E-state index in [0.29, 0.717) is 29.6 Å². The summed E-state index contributed by atoms with van der Waals surface area (Å²) in [5.74, 6) is 1.29. The van der Waals surface area contributed by atoms with Crippen molar-refractivity contribution in [2.45, 2.75) is 13.8 Å². The Morgan fingerprint density at radius 1 is 1.17 bits per heavy atom. The van der Waals surface area contributed by atoms with E-state index in [1.165, 1.54) is 12.7 Å². The van der Waals surface area contributed by atoms with Crippen LogP contribution in [-0.4, -0.2) is 26.3 Å². The number of hydrogen-bond acceptors (Lipinski definition) is 3. The molecule has 6 heteroatoms. The number of anilines is 1. The molecule has 0 saturated heterocycles. The lowest BCUT2D eigenvalue weighted by molar-refractivity contribution is 0.247. The number of rotatable bonds is 6. The fourth-order valence-electron chi connectivity index (χ4n) is 2.06. The largest absolute Gasteiger partial charge is 0.495 e. The molecule has 0 atom stereocenters. The first-order valence-electron chi connectivity index (χ1n) is 7.58. The van der Waals surface area contributed by atoms with Crippen LogP contribution in [0.5, 0.6) is 11.5 Å². The van der Waals surface area contributed by atoms with E-state index < -0.39 is 0 Å². The van der Waals surface area contributed by atoms with E-state index in [2.05, 4.69) is 10.6 Å². The molecule has 0 bridgehead atoms. The van der Waals surface area contributed by atoms with Gasteiger partial charge in [-0.2, -0.15) is 0 Å². The second-order valence-electron chi connectivity index (χ2n) is 5.34. The van der Waals surface area contributed by atoms with Crippen LogP contribution in [0.25, 0.3) is 0 Å². The van der Waals surface area contributed by atoms with Gasteiger partial charge in [0.05, 0.1) is 19.3 Å². The number of amides is 2. The minimum atomic E-state index is -0.331. The molecule has 2 aromatic carbocycles. The summed E-state index contributed by atoms with van der Waals surface area (Å²) in [6.45, 7) is 4.64. The summed E-state index contributed by atoms with van der Waals surface area (Å²) in [6.07, 6.45) is 0. The minimum Gasteiger partial charge on any atom is -0.495 e. The predicted molar refractivity (Wildman–Crippen MR) is 96.4 cm³/mol.